The van der Waals surface area contributed by atoms with Crippen LogP contribution in [0.3, 0.4) is 0 Å². The van der Waals surface area contributed by atoms with Crippen molar-refractivity contribution in [2.75, 3.05) is 26.2 Å². The van der Waals surface area contributed by atoms with Gasteiger partial charge in [0, 0.05) is 32.6 Å². The maximum atomic E-state index is 12.3. The SMILES string of the molecule is CC(C)(C)OC(=O)NCCCN(CCCNC(=O)OC(C)(C)C)C(=O)CCC(=O)O. The highest BCUT2D eigenvalue weighted by molar-refractivity contribution is 5.80. The summed E-state index contributed by atoms with van der Waals surface area (Å²) in [6.45, 7) is 11.9. The Morgan fingerprint density at radius 1 is 0.767 bits per heavy atom. The molecule has 0 aromatic rings. The Hall–Kier alpha value is -2.52. The monoisotopic (exact) mass is 431 g/mol. The zero-order valence-electron chi connectivity index (χ0n) is 19.0. The first-order chi connectivity index (χ1) is 13.7. The first-order valence-corrected chi connectivity index (χ1v) is 10.1. The van der Waals surface area contributed by atoms with Crippen molar-refractivity contribution >= 4 is 24.1 Å². The molecule has 0 aliphatic carbocycles. The molecular formula is C20H37N3O7. The number of carbonyl (C=O) groups is 4. The number of nitrogens with zero attached hydrogens (tertiary/aromatic N) is 1. The van der Waals surface area contributed by atoms with E-state index in [1.807, 2.05) is 0 Å². The molecule has 0 heterocycles. The third-order valence-electron chi connectivity index (χ3n) is 3.45. The molecule has 0 bridgehead atoms. The molecule has 0 saturated carbocycles. The molecule has 0 aromatic carbocycles. The maximum Gasteiger partial charge on any atom is 0.407 e. The largest absolute Gasteiger partial charge is 0.481 e. The van der Waals surface area contributed by atoms with Crippen LogP contribution in [0.5, 0.6) is 0 Å². The summed E-state index contributed by atoms with van der Waals surface area (Å²) >= 11 is 0. The number of carboxylic acid groups (broad SMARTS) is 1. The van der Waals surface area contributed by atoms with Crippen LogP contribution in [0.4, 0.5) is 9.59 Å². The van der Waals surface area contributed by atoms with Crippen LogP contribution in [0.1, 0.15) is 67.2 Å². The molecule has 0 radical (unpaired) electrons. The fraction of sp³-hybridized carbons (Fsp3) is 0.800. The van der Waals surface area contributed by atoms with E-state index < -0.39 is 29.4 Å². The molecule has 10 nitrogen and oxygen atoms in total. The second kappa shape index (κ2) is 12.9. The standard InChI is InChI=1S/C20H37N3O7/c1-19(2,3)29-17(27)21-11-7-13-23(15(24)9-10-16(25)26)14-8-12-22-18(28)30-20(4,5)6/h7-14H2,1-6H3,(H,21,27)(H,22,28)(H,25,26). The quantitative estimate of drug-likeness (QED) is 0.428. The average molecular weight is 432 g/mol. The first-order valence-electron chi connectivity index (χ1n) is 10.1. The van der Waals surface area contributed by atoms with E-state index in [4.69, 9.17) is 14.6 Å². The summed E-state index contributed by atoms with van der Waals surface area (Å²) in [6, 6.07) is 0. The minimum atomic E-state index is -1.04. The van der Waals surface area contributed by atoms with Crippen molar-refractivity contribution in [3.63, 3.8) is 0 Å². The Kier molecular flexibility index (Phi) is 11.8. The molecule has 0 atom stereocenters. The van der Waals surface area contributed by atoms with Crippen LogP contribution in [-0.2, 0) is 19.1 Å². The van der Waals surface area contributed by atoms with Crippen LogP contribution < -0.4 is 10.6 Å². The molecule has 0 aromatic heterocycles. The van der Waals surface area contributed by atoms with Crippen molar-refractivity contribution in [2.45, 2.75) is 78.4 Å². The lowest BCUT2D eigenvalue weighted by Gasteiger charge is -2.24. The molecule has 0 aliphatic rings. The molecule has 174 valence electrons. The molecule has 0 fully saturated rings. The lowest BCUT2D eigenvalue weighted by molar-refractivity contribution is -0.141. The summed E-state index contributed by atoms with van der Waals surface area (Å²) in [5.41, 5.74) is -1.19. The van der Waals surface area contributed by atoms with E-state index in [-0.39, 0.29) is 18.7 Å². The van der Waals surface area contributed by atoms with E-state index in [9.17, 15) is 19.2 Å². The van der Waals surface area contributed by atoms with Gasteiger partial charge in [0.05, 0.1) is 6.42 Å². The summed E-state index contributed by atoms with van der Waals surface area (Å²) in [5, 5.41) is 14.0. The first kappa shape index (κ1) is 27.5. The van der Waals surface area contributed by atoms with Crippen LogP contribution in [0.25, 0.3) is 0 Å². The molecular weight excluding hydrogens is 394 g/mol. The zero-order chi connectivity index (χ0) is 23.4. The highest BCUT2D eigenvalue weighted by Gasteiger charge is 2.18. The predicted octanol–water partition coefficient (Wildman–Crippen LogP) is 2.51. The number of amides is 3. The van der Waals surface area contributed by atoms with Gasteiger partial charge in [-0.15, -0.1) is 0 Å². The molecule has 0 unspecified atom stereocenters. The topological polar surface area (TPSA) is 134 Å². The van der Waals surface area contributed by atoms with Crippen LogP contribution in [-0.4, -0.2) is 71.5 Å². The minimum Gasteiger partial charge on any atom is -0.481 e. The van der Waals surface area contributed by atoms with E-state index in [0.717, 1.165) is 0 Å². The van der Waals surface area contributed by atoms with Crippen molar-refractivity contribution in [2.24, 2.45) is 0 Å². The molecule has 10 heteroatoms. The summed E-state index contributed by atoms with van der Waals surface area (Å²) in [6.07, 6.45) is -0.453. The van der Waals surface area contributed by atoms with E-state index in [1.165, 1.54) is 4.90 Å². The molecule has 0 saturated heterocycles. The highest BCUT2D eigenvalue weighted by Crippen LogP contribution is 2.07. The molecule has 30 heavy (non-hydrogen) atoms. The van der Waals surface area contributed by atoms with Crippen molar-refractivity contribution < 1.29 is 33.8 Å². The third kappa shape index (κ3) is 16.4. The van der Waals surface area contributed by atoms with Gasteiger partial charge in [-0.2, -0.15) is 0 Å². The zero-order valence-corrected chi connectivity index (χ0v) is 19.0. The molecule has 3 N–H and O–H groups in total. The second-order valence-electron chi connectivity index (χ2n) is 8.84. The number of ether oxygens (including phenoxy) is 2. The Bertz CT molecular complexity index is 544. The molecule has 0 aliphatic heterocycles. The Morgan fingerprint density at radius 3 is 1.50 bits per heavy atom. The van der Waals surface area contributed by atoms with E-state index in [1.54, 1.807) is 41.5 Å². The van der Waals surface area contributed by atoms with Gasteiger partial charge >= 0.3 is 18.2 Å². The van der Waals surface area contributed by atoms with Crippen LogP contribution >= 0.6 is 0 Å². The van der Waals surface area contributed by atoms with Crippen LogP contribution in [0.15, 0.2) is 0 Å². The maximum absolute atomic E-state index is 12.3. The average Bonchev–Trinajstić information content (AvgIpc) is 2.54. The van der Waals surface area contributed by atoms with Gasteiger partial charge in [0.2, 0.25) is 5.91 Å². The van der Waals surface area contributed by atoms with Gasteiger partial charge in [-0.25, -0.2) is 9.59 Å². The Balaban J connectivity index is 4.44. The minimum absolute atomic E-state index is 0.103. The molecule has 3 amide bonds. The number of aliphatic carboxylic acids is 1. The number of carboxylic acids is 1. The highest BCUT2D eigenvalue weighted by atomic mass is 16.6. The smallest absolute Gasteiger partial charge is 0.407 e. The third-order valence-corrected chi connectivity index (χ3v) is 3.45. The number of alkyl carbamates (subject to hydrolysis) is 2. The Morgan fingerprint density at radius 2 is 1.17 bits per heavy atom. The lowest BCUT2D eigenvalue weighted by atomic mass is 10.2. The predicted molar refractivity (Wildman–Crippen MR) is 111 cm³/mol. The van der Waals surface area contributed by atoms with Crippen molar-refractivity contribution in [1.29, 1.82) is 0 Å². The van der Waals surface area contributed by atoms with Gasteiger partial charge in [-0.1, -0.05) is 0 Å². The summed E-state index contributed by atoms with van der Waals surface area (Å²) in [4.78, 5) is 47.9. The number of rotatable bonds is 11. The number of carbonyl (C=O) groups excluding carboxylic acids is 3. The molecule has 0 spiro atoms. The van der Waals surface area contributed by atoms with Crippen molar-refractivity contribution in [3.05, 3.63) is 0 Å². The normalized spacial score (nSPS) is 11.4. The summed E-state index contributed by atoms with van der Waals surface area (Å²) in [7, 11) is 0. The lowest BCUT2D eigenvalue weighted by Crippen LogP contribution is -2.38. The summed E-state index contributed by atoms with van der Waals surface area (Å²) < 4.78 is 10.3. The van der Waals surface area contributed by atoms with Gasteiger partial charge < -0.3 is 30.1 Å². The molecule has 0 rings (SSSR count). The van der Waals surface area contributed by atoms with E-state index in [2.05, 4.69) is 10.6 Å². The van der Waals surface area contributed by atoms with Gasteiger partial charge in [0.25, 0.3) is 0 Å². The number of hydrogen-bond donors (Lipinski definition) is 3. The fourth-order valence-corrected chi connectivity index (χ4v) is 2.28. The Labute approximate surface area is 178 Å². The van der Waals surface area contributed by atoms with Gasteiger partial charge in [0.15, 0.2) is 0 Å². The van der Waals surface area contributed by atoms with Crippen molar-refractivity contribution in [3.8, 4) is 0 Å². The van der Waals surface area contributed by atoms with E-state index >= 15 is 0 Å². The summed E-state index contributed by atoms with van der Waals surface area (Å²) in [5.74, 6) is -1.33. The van der Waals surface area contributed by atoms with Crippen molar-refractivity contribution in [1.82, 2.24) is 15.5 Å². The second-order valence-corrected chi connectivity index (χ2v) is 8.84. The number of hydrogen-bond acceptors (Lipinski definition) is 6. The fourth-order valence-electron chi connectivity index (χ4n) is 2.28. The van der Waals surface area contributed by atoms with Gasteiger partial charge in [0.1, 0.15) is 11.2 Å². The van der Waals surface area contributed by atoms with Crippen LogP contribution in [0, 0.1) is 0 Å². The van der Waals surface area contributed by atoms with E-state index in [0.29, 0.717) is 39.0 Å². The number of nitrogens with one attached hydrogen (secondary N) is 2. The van der Waals surface area contributed by atoms with Gasteiger partial charge in [-0.3, -0.25) is 9.59 Å². The van der Waals surface area contributed by atoms with Gasteiger partial charge in [-0.05, 0) is 54.4 Å². The van der Waals surface area contributed by atoms with Crippen LogP contribution in [0.2, 0.25) is 0 Å².